The van der Waals surface area contributed by atoms with Gasteiger partial charge >= 0.3 is 0 Å². The molecule has 0 radical (unpaired) electrons. The lowest BCUT2D eigenvalue weighted by Crippen LogP contribution is -2.35. The third kappa shape index (κ3) is 1.85. The second kappa shape index (κ2) is 4.38. The molecule has 1 aromatic carbocycles. The summed E-state index contributed by atoms with van der Waals surface area (Å²) in [5.41, 5.74) is 1.88. The number of hydrogen-bond acceptors (Lipinski definition) is 3. The molecule has 1 N–H and O–H groups in total. The molecule has 1 fully saturated rings. The van der Waals surface area contributed by atoms with E-state index in [0.29, 0.717) is 12.0 Å². The van der Waals surface area contributed by atoms with Gasteiger partial charge in [-0.05, 0) is 43.4 Å². The first-order valence-corrected chi connectivity index (χ1v) is 7.17. The number of hydrogen-bond donors (Lipinski definition) is 1. The summed E-state index contributed by atoms with van der Waals surface area (Å²) in [5, 5.41) is 12.2. The quantitative estimate of drug-likeness (QED) is 0.913. The maximum atomic E-state index is 13.5. The average Bonchev–Trinajstić information content (AvgIpc) is 3.20. The van der Waals surface area contributed by atoms with Gasteiger partial charge in [-0.1, -0.05) is 6.07 Å². The number of nitrogens with one attached hydrogen (secondary N) is 1. The molecule has 1 aromatic heterocycles. The van der Waals surface area contributed by atoms with Crippen LogP contribution in [0.5, 0.6) is 0 Å². The summed E-state index contributed by atoms with van der Waals surface area (Å²) >= 11 is 0. The van der Waals surface area contributed by atoms with Crippen LogP contribution in [0.1, 0.15) is 30.3 Å². The molecular formula is C15H17FN4. The normalized spacial score (nSPS) is 21.8. The molecule has 2 aliphatic rings. The minimum atomic E-state index is -0.226. The summed E-state index contributed by atoms with van der Waals surface area (Å²) in [6.07, 6.45) is 2.53. The fraction of sp³-hybridized carbons (Fsp3) is 0.467. The topological polar surface area (TPSA) is 42.7 Å². The van der Waals surface area contributed by atoms with Crippen LogP contribution in [0.2, 0.25) is 0 Å². The van der Waals surface area contributed by atoms with Crippen LogP contribution >= 0.6 is 0 Å². The zero-order chi connectivity index (χ0) is 13.7. The molecule has 0 saturated heterocycles. The van der Waals surface area contributed by atoms with Gasteiger partial charge < -0.3 is 9.88 Å². The highest BCUT2D eigenvalue weighted by atomic mass is 19.1. The van der Waals surface area contributed by atoms with Crippen LogP contribution in [0.3, 0.4) is 0 Å². The van der Waals surface area contributed by atoms with Crippen LogP contribution in [0.4, 0.5) is 4.39 Å². The maximum Gasteiger partial charge on any atom is 0.164 e. The lowest BCUT2D eigenvalue weighted by molar-refractivity contribution is 0.383. The number of nitrogens with zero attached hydrogens (tertiary/aromatic N) is 3. The molecule has 0 bridgehead atoms. The van der Waals surface area contributed by atoms with Gasteiger partial charge in [0.1, 0.15) is 5.82 Å². The molecule has 2 aromatic rings. The molecule has 20 heavy (non-hydrogen) atoms. The van der Waals surface area contributed by atoms with Crippen molar-refractivity contribution in [2.24, 2.45) is 5.92 Å². The van der Waals surface area contributed by atoms with E-state index in [4.69, 9.17) is 0 Å². The number of benzene rings is 1. The van der Waals surface area contributed by atoms with Gasteiger partial charge in [0, 0.05) is 18.7 Å². The van der Waals surface area contributed by atoms with E-state index in [1.54, 1.807) is 12.1 Å². The van der Waals surface area contributed by atoms with Gasteiger partial charge in [0.15, 0.2) is 11.6 Å². The van der Waals surface area contributed by atoms with E-state index in [1.165, 1.54) is 18.9 Å². The Balaban J connectivity index is 1.82. The van der Waals surface area contributed by atoms with Gasteiger partial charge in [0.05, 0.1) is 6.04 Å². The van der Waals surface area contributed by atoms with Crippen molar-refractivity contribution < 1.29 is 4.39 Å². The highest BCUT2D eigenvalue weighted by Crippen LogP contribution is 2.42. The van der Waals surface area contributed by atoms with E-state index in [-0.39, 0.29) is 5.82 Å². The zero-order valence-corrected chi connectivity index (χ0v) is 11.4. The fourth-order valence-corrected chi connectivity index (χ4v) is 3.03. The van der Waals surface area contributed by atoms with Crippen molar-refractivity contribution in [3.8, 4) is 11.4 Å². The van der Waals surface area contributed by atoms with Gasteiger partial charge in [-0.25, -0.2) is 4.39 Å². The number of halogens is 1. The standard InChI is InChI=1S/C15H17FN4/c1-9-2-5-11(16)8-12(9)14-18-19-15-13(10-3-4-10)17-6-7-20(14)15/h2,5,8,10,13,17H,3-4,6-7H2,1H3. The summed E-state index contributed by atoms with van der Waals surface area (Å²) in [5.74, 6) is 2.27. The third-order valence-electron chi connectivity index (χ3n) is 4.29. The summed E-state index contributed by atoms with van der Waals surface area (Å²) in [4.78, 5) is 0. The van der Waals surface area contributed by atoms with Crippen molar-refractivity contribution in [2.75, 3.05) is 6.54 Å². The fourth-order valence-electron chi connectivity index (χ4n) is 3.03. The van der Waals surface area contributed by atoms with E-state index in [2.05, 4.69) is 20.1 Å². The van der Waals surface area contributed by atoms with Crippen LogP contribution < -0.4 is 5.32 Å². The first-order chi connectivity index (χ1) is 9.74. The van der Waals surface area contributed by atoms with Crippen molar-refractivity contribution >= 4 is 0 Å². The van der Waals surface area contributed by atoms with E-state index in [1.807, 2.05) is 6.92 Å². The molecule has 4 rings (SSSR count). The number of rotatable bonds is 2. The Labute approximate surface area is 117 Å². The van der Waals surface area contributed by atoms with E-state index < -0.39 is 0 Å². The van der Waals surface area contributed by atoms with Gasteiger partial charge in [0.2, 0.25) is 0 Å². The van der Waals surface area contributed by atoms with Gasteiger partial charge in [-0.15, -0.1) is 10.2 Å². The molecule has 0 amide bonds. The maximum absolute atomic E-state index is 13.5. The lowest BCUT2D eigenvalue weighted by atomic mass is 10.1. The molecule has 104 valence electrons. The predicted octanol–water partition coefficient (Wildman–Crippen LogP) is 2.45. The average molecular weight is 272 g/mol. The molecule has 0 spiro atoms. The third-order valence-corrected chi connectivity index (χ3v) is 4.29. The Morgan fingerprint density at radius 2 is 2.15 bits per heavy atom. The van der Waals surface area contributed by atoms with Crippen molar-refractivity contribution in [3.63, 3.8) is 0 Å². The van der Waals surface area contributed by atoms with E-state index in [9.17, 15) is 4.39 Å². The minimum absolute atomic E-state index is 0.226. The Morgan fingerprint density at radius 3 is 2.95 bits per heavy atom. The molecule has 4 nitrogen and oxygen atoms in total. The monoisotopic (exact) mass is 272 g/mol. The molecular weight excluding hydrogens is 255 g/mol. The van der Waals surface area contributed by atoms with E-state index in [0.717, 1.165) is 35.9 Å². The second-order valence-electron chi connectivity index (χ2n) is 5.76. The second-order valence-corrected chi connectivity index (χ2v) is 5.76. The minimum Gasteiger partial charge on any atom is -0.308 e. The van der Waals surface area contributed by atoms with Crippen LogP contribution in [0.25, 0.3) is 11.4 Å². The first kappa shape index (κ1) is 12.0. The smallest absolute Gasteiger partial charge is 0.164 e. The summed E-state index contributed by atoms with van der Waals surface area (Å²) in [6.45, 7) is 3.75. The Bertz CT molecular complexity index is 660. The van der Waals surface area contributed by atoms with Gasteiger partial charge in [0.25, 0.3) is 0 Å². The molecule has 1 aliphatic heterocycles. The van der Waals surface area contributed by atoms with Crippen LogP contribution in [-0.4, -0.2) is 21.3 Å². The first-order valence-electron chi connectivity index (χ1n) is 7.17. The molecule has 1 saturated carbocycles. The zero-order valence-electron chi connectivity index (χ0n) is 11.4. The number of fused-ring (bicyclic) bond motifs is 1. The summed E-state index contributed by atoms with van der Waals surface area (Å²) < 4.78 is 15.7. The Morgan fingerprint density at radius 1 is 1.30 bits per heavy atom. The molecule has 5 heteroatoms. The van der Waals surface area contributed by atoms with Crippen LogP contribution in [-0.2, 0) is 6.54 Å². The van der Waals surface area contributed by atoms with Gasteiger partial charge in [-0.2, -0.15) is 0 Å². The SMILES string of the molecule is Cc1ccc(F)cc1-c1nnc2n1CCNC2C1CC1. The van der Waals surface area contributed by atoms with Crippen LogP contribution in [0.15, 0.2) is 18.2 Å². The Hall–Kier alpha value is -1.75. The highest BCUT2D eigenvalue weighted by Gasteiger charge is 2.37. The van der Waals surface area contributed by atoms with E-state index >= 15 is 0 Å². The lowest BCUT2D eigenvalue weighted by Gasteiger charge is -2.25. The van der Waals surface area contributed by atoms with Crippen molar-refractivity contribution in [1.82, 2.24) is 20.1 Å². The number of aryl methyl sites for hydroxylation is 1. The number of aromatic nitrogens is 3. The van der Waals surface area contributed by atoms with Gasteiger partial charge in [-0.3, -0.25) is 0 Å². The van der Waals surface area contributed by atoms with Crippen LogP contribution in [0, 0.1) is 18.7 Å². The highest BCUT2D eigenvalue weighted by molar-refractivity contribution is 5.60. The molecule has 1 aliphatic carbocycles. The van der Waals surface area contributed by atoms with Crippen molar-refractivity contribution in [1.29, 1.82) is 0 Å². The van der Waals surface area contributed by atoms with Crippen molar-refractivity contribution in [3.05, 3.63) is 35.4 Å². The summed E-state index contributed by atoms with van der Waals surface area (Å²) in [6, 6.07) is 5.16. The summed E-state index contributed by atoms with van der Waals surface area (Å²) in [7, 11) is 0. The predicted molar refractivity (Wildman–Crippen MR) is 73.6 cm³/mol. The Kier molecular flexibility index (Phi) is 2.63. The molecule has 2 heterocycles. The van der Waals surface area contributed by atoms with Crippen molar-refractivity contribution in [2.45, 2.75) is 32.4 Å². The molecule has 1 unspecified atom stereocenters. The largest absolute Gasteiger partial charge is 0.308 e. The molecule has 1 atom stereocenters.